The normalized spacial score (nSPS) is 10.8. The molecule has 0 atom stereocenters. The van der Waals surface area contributed by atoms with Gasteiger partial charge < -0.3 is 15.4 Å². The van der Waals surface area contributed by atoms with Crippen LogP contribution in [0.2, 0.25) is 0 Å². The molecule has 8 heteroatoms. The molecule has 0 radical (unpaired) electrons. The van der Waals surface area contributed by atoms with E-state index in [1.54, 1.807) is 16.6 Å². The number of carbonyl (C=O) groups is 1. The number of hydrogen-bond acceptors (Lipinski definition) is 6. The highest BCUT2D eigenvalue weighted by molar-refractivity contribution is 5.98. The van der Waals surface area contributed by atoms with Crippen LogP contribution >= 0.6 is 0 Å². The molecule has 4 aromatic rings. The number of para-hydroxylation sites is 1. The Morgan fingerprint density at radius 3 is 2.52 bits per heavy atom. The largest absolute Gasteiger partial charge is 0.457 e. The molecule has 1 amide bonds. The molecule has 4 rings (SSSR count). The summed E-state index contributed by atoms with van der Waals surface area (Å²) in [7, 11) is 1.72. The summed E-state index contributed by atoms with van der Waals surface area (Å²) in [5.41, 5.74) is 8.33. The highest BCUT2D eigenvalue weighted by Crippen LogP contribution is 2.31. The van der Waals surface area contributed by atoms with Gasteiger partial charge in [0.15, 0.2) is 5.65 Å². The number of amides is 1. The minimum absolute atomic E-state index is 0.365. The molecule has 29 heavy (non-hydrogen) atoms. The van der Waals surface area contributed by atoms with Gasteiger partial charge in [-0.1, -0.05) is 18.2 Å². The van der Waals surface area contributed by atoms with Crippen molar-refractivity contribution in [1.29, 1.82) is 0 Å². The molecule has 0 unspecified atom stereocenters. The third kappa shape index (κ3) is 3.86. The Bertz CT molecular complexity index is 1130. The highest BCUT2D eigenvalue weighted by Gasteiger charge is 2.17. The van der Waals surface area contributed by atoms with Crippen molar-refractivity contribution in [3.05, 3.63) is 60.9 Å². The summed E-state index contributed by atoms with van der Waals surface area (Å²) in [5, 5.41) is 5.38. The van der Waals surface area contributed by atoms with Gasteiger partial charge in [0.2, 0.25) is 6.41 Å². The number of fused-ring (bicyclic) bond motifs is 1. The number of benzene rings is 2. The summed E-state index contributed by atoms with van der Waals surface area (Å²) >= 11 is 0. The molecule has 0 fully saturated rings. The molecule has 0 saturated carbocycles. The number of nitrogens with two attached hydrogens (primary N) is 1. The van der Waals surface area contributed by atoms with Crippen molar-refractivity contribution in [2.75, 3.05) is 19.3 Å². The van der Waals surface area contributed by atoms with E-state index in [2.05, 4.69) is 9.97 Å². The second kappa shape index (κ2) is 7.97. The lowest BCUT2D eigenvalue weighted by atomic mass is 10.1. The zero-order chi connectivity index (χ0) is 20.2. The van der Waals surface area contributed by atoms with E-state index in [1.807, 2.05) is 54.6 Å². The summed E-state index contributed by atoms with van der Waals surface area (Å²) < 4.78 is 7.60. The second-order valence-corrected chi connectivity index (χ2v) is 6.55. The fourth-order valence-corrected chi connectivity index (χ4v) is 3.00. The fourth-order valence-electron chi connectivity index (χ4n) is 3.00. The molecule has 0 saturated heterocycles. The van der Waals surface area contributed by atoms with Crippen LogP contribution in [0.3, 0.4) is 0 Å². The van der Waals surface area contributed by atoms with Crippen LogP contribution in [0.25, 0.3) is 22.3 Å². The zero-order valence-electron chi connectivity index (χ0n) is 15.9. The maximum absolute atomic E-state index is 10.9. The van der Waals surface area contributed by atoms with Gasteiger partial charge in [-0.2, -0.15) is 5.10 Å². The predicted molar refractivity (Wildman–Crippen MR) is 110 cm³/mol. The number of nitrogen functional groups attached to an aromatic ring is 1. The molecule has 0 aliphatic carbocycles. The first-order valence-electron chi connectivity index (χ1n) is 9.11. The van der Waals surface area contributed by atoms with Crippen LogP contribution in [-0.4, -0.2) is 44.7 Å². The van der Waals surface area contributed by atoms with Crippen LogP contribution in [0, 0.1) is 0 Å². The average Bonchev–Trinajstić information content (AvgIpc) is 3.13. The first kappa shape index (κ1) is 18.4. The van der Waals surface area contributed by atoms with E-state index in [9.17, 15) is 4.79 Å². The Morgan fingerprint density at radius 2 is 1.79 bits per heavy atom. The van der Waals surface area contributed by atoms with E-state index in [4.69, 9.17) is 15.6 Å². The maximum atomic E-state index is 10.9. The Kier molecular flexibility index (Phi) is 5.07. The molecule has 2 N–H and O–H groups in total. The van der Waals surface area contributed by atoms with Crippen LogP contribution in [-0.2, 0) is 11.3 Å². The summed E-state index contributed by atoms with van der Waals surface area (Å²) in [6.07, 6.45) is 2.20. The van der Waals surface area contributed by atoms with Gasteiger partial charge in [0, 0.05) is 19.2 Å². The first-order valence-corrected chi connectivity index (χ1v) is 9.11. The SMILES string of the molecule is CN(C=O)CCn1nc(-c2ccc(Oc3ccccc3)cc2)c2c(N)ncnc21. The number of likely N-dealkylation sites (N-methyl/N-ethyl adjacent to an activating group) is 1. The lowest BCUT2D eigenvalue weighted by molar-refractivity contribution is -0.117. The summed E-state index contributed by atoms with van der Waals surface area (Å²) in [6, 6.07) is 17.2. The van der Waals surface area contributed by atoms with Crippen molar-refractivity contribution in [3.8, 4) is 22.8 Å². The van der Waals surface area contributed by atoms with E-state index < -0.39 is 0 Å². The molecule has 0 aliphatic heterocycles. The van der Waals surface area contributed by atoms with Crippen molar-refractivity contribution >= 4 is 23.3 Å². The lowest BCUT2D eigenvalue weighted by Crippen LogP contribution is -2.22. The van der Waals surface area contributed by atoms with Gasteiger partial charge in [0.1, 0.15) is 29.3 Å². The molecule has 2 heterocycles. The molecular formula is C21H20N6O2. The molecule has 2 aromatic carbocycles. The third-order valence-electron chi connectivity index (χ3n) is 4.51. The van der Waals surface area contributed by atoms with Crippen LogP contribution in [0.4, 0.5) is 5.82 Å². The lowest BCUT2D eigenvalue weighted by Gasteiger charge is -2.10. The summed E-state index contributed by atoms with van der Waals surface area (Å²) in [5.74, 6) is 1.86. The monoisotopic (exact) mass is 388 g/mol. The molecule has 2 aromatic heterocycles. The van der Waals surface area contributed by atoms with Crippen LogP contribution in [0.5, 0.6) is 11.5 Å². The maximum Gasteiger partial charge on any atom is 0.209 e. The van der Waals surface area contributed by atoms with Gasteiger partial charge in [0.05, 0.1) is 11.9 Å². The minimum atomic E-state index is 0.365. The molecule has 0 spiro atoms. The Hall–Kier alpha value is -3.94. The smallest absolute Gasteiger partial charge is 0.209 e. The van der Waals surface area contributed by atoms with Gasteiger partial charge >= 0.3 is 0 Å². The van der Waals surface area contributed by atoms with Crippen molar-refractivity contribution in [2.45, 2.75) is 6.54 Å². The van der Waals surface area contributed by atoms with Gasteiger partial charge in [0.25, 0.3) is 0 Å². The quantitative estimate of drug-likeness (QED) is 0.489. The molecule has 8 nitrogen and oxygen atoms in total. The fraction of sp³-hybridized carbons (Fsp3) is 0.143. The van der Waals surface area contributed by atoms with Gasteiger partial charge in [-0.15, -0.1) is 0 Å². The zero-order valence-corrected chi connectivity index (χ0v) is 15.9. The number of aromatic nitrogens is 4. The highest BCUT2D eigenvalue weighted by atomic mass is 16.5. The Morgan fingerprint density at radius 1 is 1.07 bits per heavy atom. The Labute approximate surface area is 167 Å². The first-order chi connectivity index (χ1) is 14.2. The number of carbonyl (C=O) groups excluding carboxylic acids is 1. The summed E-state index contributed by atoms with van der Waals surface area (Å²) in [6.45, 7) is 1.00. The van der Waals surface area contributed by atoms with Crippen molar-refractivity contribution in [2.24, 2.45) is 0 Å². The van der Waals surface area contributed by atoms with E-state index >= 15 is 0 Å². The summed E-state index contributed by atoms with van der Waals surface area (Å²) in [4.78, 5) is 20.9. The van der Waals surface area contributed by atoms with Crippen molar-refractivity contribution in [3.63, 3.8) is 0 Å². The van der Waals surface area contributed by atoms with Gasteiger partial charge in [-0.25, -0.2) is 14.6 Å². The molecule has 0 aliphatic rings. The predicted octanol–water partition coefficient (Wildman–Crippen LogP) is 2.96. The van der Waals surface area contributed by atoms with Gasteiger partial charge in [-0.3, -0.25) is 4.79 Å². The van der Waals surface area contributed by atoms with E-state index in [0.29, 0.717) is 35.6 Å². The number of ether oxygens (including phenoxy) is 1. The van der Waals surface area contributed by atoms with Gasteiger partial charge in [-0.05, 0) is 36.4 Å². The van der Waals surface area contributed by atoms with Crippen LogP contribution in [0.15, 0.2) is 60.9 Å². The average molecular weight is 388 g/mol. The van der Waals surface area contributed by atoms with E-state index in [0.717, 1.165) is 23.5 Å². The Balaban J connectivity index is 1.67. The number of anilines is 1. The second-order valence-electron chi connectivity index (χ2n) is 6.55. The minimum Gasteiger partial charge on any atom is -0.457 e. The number of hydrogen-bond donors (Lipinski definition) is 1. The van der Waals surface area contributed by atoms with E-state index in [1.165, 1.54) is 6.33 Å². The van der Waals surface area contributed by atoms with Crippen LogP contribution < -0.4 is 10.5 Å². The van der Waals surface area contributed by atoms with E-state index in [-0.39, 0.29) is 0 Å². The molecule has 0 bridgehead atoms. The topological polar surface area (TPSA) is 99.2 Å². The molecular weight excluding hydrogens is 368 g/mol. The number of nitrogens with zero attached hydrogens (tertiary/aromatic N) is 5. The standard InChI is InChI=1S/C21H20N6O2/c1-26(14-28)11-12-27-21-18(20(22)23-13-24-21)19(25-27)15-7-9-17(10-8-15)29-16-5-3-2-4-6-16/h2-10,13-14H,11-12H2,1H3,(H2,22,23,24). The third-order valence-corrected chi connectivity index (χ3v) is 4.51. The van der Waals surface area contributed by atoms with Crippen LogP contribution in [0.1, 0.15) is 0 Å². The molecule has 146 valence electrons. The van der Waals surface area contributed by atoms with Crippen molar-refractivity contribution < 1.29 is 9.53 Å². The van der Waals surface area contributed by atoms with Crippen molar-refractivity contribution in [1.82, 2.24) is 24.6 Å². The number of rotatable bonds is 7.